The van der Waals surface area contributed by atoms with Gasteiger partial charge >= 0.3 is 0 Å². The van der Waals surface area contributed by atoms with Gasteiger partial charge in [-0.25, -0.2) is 0 Å². The molecule has 0 aromatic rings. The van der Waals surface area contributed by atoms with Crippen LogP contribution in [-0.4, -0.2) is 41.7 Å². The molecular weight excluding hydrogens is 176 g/mol. The van der Waals surface area contributed by atoms with Crippen molar-refractivity contribution >= 4 is 17.7 Å². The number of rotatable bonds is 6. The van der Waals surface area contributed by atoms with Crippen LogP contribution in [0.5, 0.6) is 0 Å². The zero-order chi connectivity index (χ0) is 9.56. The maximum Gasteiger partial charge on any atom is 0.231 e. The van der Waals surface area contributed by atoms with Gasteiger partial charge in [0.2, 0.25) is 5.91 Å². The largest absolute Gasteiger partial charge is 0.395 e. The summed E-state index contributed by atoms with van der Waals surface area (Å²) in [5.41, 5.74) is 4.95. The second-order valence-corrected chi connectivity index (χ2v) is 3.67. The highest BCUT2D eigenvalue weighted by Gasteiger charge is 2.14. The first-order valence-electron chi connectivity index (χ1n) is 3.77. The standard InChI is InChI=1S/C7H16N2O2S/c1-5(6(4-10)12-2)9-3-7(8)11/h5-6,9-10H,3-4H2,1-2H3,(H2,8,11). The molecule has 0 heterocycles. The third kappa shape index (κ3) is 4.58. The lowest BCUT2D eigenvalue weighted by Gasteiger charge is -2.20. The van der Waals surface area contributed by atoms with E-state index in [1.54, 1.807) is 11.8 Å². The molecule has 0 aliphatic rings. The molecular formula is C7H16N2O2S. The average molecular weight is 192 g/mol. The summed E-state index contributed by atoms with van der Waals surface area (Å²) in [6.45, 7) is 2.19. The third-order valence-corrected chi connectivity index (χ3v) is 2.80. The van der Waals surface area contributed by atoms with E-state index in [-0.39, 0.29) is 30.4 Å². The molecule has 4 N–H and O–H groups in total. The van der Waals surface area contributed by atoms with E-state index in [0.717, 1.165) is 0 Å². The van der Waals surface area contributed by atoms with Crippen LogP contribution in [0.15, 0.2) is 0 Å². The monoisotopic (exact) mass is 192 g/mol. The minimum Gasteiger partial charge on any atom is -0.395 e. The fourth-order valence-electron chi connectivity index (χ4n) is 0.830. The van der Waals surface area contributed by atoms with E-state index < -0.39 is 0 Å². The van der Waals surface area contributed by atoms with Crippen LogP contribution in [0.2, 0.25) is 0 Å². The molecule has 0 spiro atoms. The van der Waals surface area contributed by atoms with E-state index >= 15 is 0 Å². The minimum absolute atomic E-state index is 0.0949. The molecule has 72 valence electrons. The SMILES string of the molecule is CSC(CO)C(C)NCC(N)=O. The number of amides is 1. The molecule has 2 unspecified atom stereocenters. The summed E-state index contributed by atoms with van der Waals surface area (Å²) in [4.78, 5) is 10.4. The van der Waals surface area contributed by atoms with Crippen LogP contribution in [0.25, 0.3) is 0 Å². The predicted octanol–water partition coefficient (Wildman–Crippen LogP) is -0.826. The Morgan fingerprint density at radius 3 is 2.67 bits per heavy atom. The molecule has 0 saturated heterocycles. The molecule has 0 radical (unpaired) electrons. The lowest BCUT2D eigenvalue weighted by molar-refractivity contribution is -0.117. The number of nitrogens with one attached hydrogen (secondary N) is 1. The number of carbonyl (C=O) groups excluding carboxylic acids is 1. The number of aliphatic hydroxyl groups excluding tert-OH is 1. The summed E-state index contributed by atoms with van der Waals surface area (Å²) >= 11 is 1.57. The number of nitrogens with two attached hydrogens (primary N) is 1. The zero-order valence-electron chi connectivity index (χ0n) is 7.41. The van der Waals surface area contributed by atoms with Crippen molar-refractivity contribution in [3.05, 3.63) is 0 Å². The van der Waals surface area contributed by atoms with Crippen LogP contribution in [0.1, 0.15) is 6.92 Å². The van der Waals surface area contributed by atoms with E-state index in [2.05, 4.69) is 5.32 Å². The van der Waals surface area contributed by atoms with Gasteiger partial charge in [0.15, 0.2) is 0 Å². The van der Waals surface area contributed by atoms with Crippen LogP contribution >= 0.6 is 11.8 Å². The van der Waals surface area contributed by atoms with Crippen LogP contribution < -0.4 is 11.1 Å². The van der Waals surface area contributed by atoms with Crippen molar-refractivity contribution in [1.29, 1.82) is 0 Å². The van der Waals surface area contributed by atoms with Crippen LogP contribution in [0.3, 0.4) is 0 Å². The summed E-state index contributed by atoms with van der Waals surface area (Å²) in [5, 5.41) is 11.9. The van der Waals surface area contributed by atoms with Gasteiger partial charge in [0.25, 0.3) is 0 Å². The molecule has 0 aliphatic carbocycles. The molecule has 0 rings (SSSR count). The van der Waals surface area contributed by atoms with Gasteiger partial charge in [0.1, 0.15) is 0 Å². The van der Waals surface area contributed by atoms with Gasteiger partial charge in [0, 0.05) is 11.3 Å². The van der Waals surface area contributed by atoms with Crippen molar-refractivity contribution in [2.24, 2.45) is 5.73 Å². The molecule has 5 heteroatoms. The van der Waals surface area contributed by atoms with Crippen molar-refractivity contribution in [3.8, 4) is 0 Å². The van der Waals surface area contributed by atoms with Gasteiger partial charge in [-0.15, -0.1) is 0 Å². The number of hydrogen-bond donors (Lipinski definition) is 3. The maximum atomic E-state index is 10.4. The van der Waals surface area contributed by atoms with E-state index in [1.165, 1.54) is 0 Å². The summed E-state index contributed by atoms with van der Waals surface area (Å²) in [7, 11) is 0. The number of thioether (sulfide) groups is 1. The van der Waals surface area contributed by atoms with Crippen LogP contribution in [0, 0.1) is 0 Å². The van der Waals surface area contributed by atoms with Gasteiger partial charge < -0.3 is 16.2 Å². The molecule has 0 fully saturated rings. The normalized spacial score (nSPS) is 15.6. The highest BCUT2D eigenvalue weighted by Crippen LogP contribution is 2.09. The highest BCUT2D eigenvalue weighted by molar-refractivity contribution is 7.99. The van der Waals surface area contributed by atoms with Gasteiger partial charge in [-0.05, 0) is 13.2 Å². The van der Waals surface area contributed by atoms with E-state index in [9.17, 15) is 4.79 Å². The van der Waals surface area contributed by atoms with Crippen molar-refractivity contribution < 1.29 is 9.90 Å². The minimum atomic E-state index is -0.375. The summed E-state index contributed by atoms with van der Waals surface area (Å²) in [5.74, 6) is -0.375. The van der Waals surface area contributed by atoms with E-state index in [4.69, 9.17) is 10.8 Å². The third-order valence-electron chi connectivity index (χ3n) is 1.64. The fourth-order valence-corrected chi connectivity index (χ4v) is 1.48. The first-order chi connectivity index (χ1) is 5.61. The number of carbonyl (C=O) groups is 1. The van der Waals surface area contributed by atoms with E-state index in [0.29, 0.717) is 0 Å². The Labute approximate surface area is 76.9 Å². The van der Waals surface area contributed by atoms with Gasteiger partial charge in [-0.2, -0.15) is 11.8 Å². The summed E-state index contributed by atoms with van der Waals surface area (Å²) in [6, 6.07) is 0.0949. The smallest absolute Gasteiger partial charge is 0.231 e. The second-order valence-electron chi connectivity index (χ2n) is 2.59. The molecule has 0 bridgehead atoms. The van der Waals surface area contributed by atoms with Gasteiger partial charge in [-0.3, -0.25) is 4.79 Å². The van der Waals surface area contributed by atoms with Crippen molar-refractivity contribution in [1.82, 2.24) is 5.32 Å². The van der Waals surface area contributed by atoms with Gasteiger partial charge in [-0.1, -0.05) is 0 Å². The zero-order valence-corrected chi connectivity index (χ0v) is 8.23. The Bertz CT molecular complexity index is 139. The molecule has 0 saturated carbocycles. The van der Waals surface area contributed by atoms with Crippen LogP contribution in [0.4, 0.5) is 0 Å². The lowest BCUT2D eigenvalue weighted by Crippen LogP contribution is -2.41. The summed E-state index contributed by atoms with van der Waals surface area (Å²) < 4.78 is 0. The fraction of sp³-hybridized carbons (Fsp3) is 0.857. The molecule has 1 amide bonds. The highest BCUT2D eigenvalue weighted by atomic mass is 32.2. The molecule has 0 aliphatic heterocycles. The van der Waals surface area contributed by atoms with Crippen molar-refractivity contribution in [2.45, 2.75) is 18.2 Å². The predicted molar refractivity (Wildman–Crippen MR) is 51.0 cm³/mol. The Hall–Kier alpha value is -0.260. The number of hydrogen-bond acceptors (Lipinski definition) is 4. The topological polar surface area (TPSA) is 75.3 Å². The first-order valence-corrected chi connectivity index (χ1v) is 5.06. The molecule has 12 heavy (non-hydrogen) atoms. The maximum absolute atomic E-state index is 10.4. The first kappa shape index (κ1) is 11.7. The lowest BCUT2D eigenvalue weighted by atomic mass is 10.2. The average Bonchev–Trinajstić information content (AvgIpc) is 2.03. The van der Waals surface area contributed by atoms with Gasteiger partial charge in [0.05, 0.1) is 13.2 Å². The summed E-state index contributed by atoms with van der Waals surface area (Å²) in [6.07, 6.45) is 1.92. The molecule has 4 nitrogen and oxygen atoms in total. The molecule has 2 atom stereocenters. The van der Waals surface area contributed by atoms with E-state index in [1.807, 2.05) is 13.2 Å². The van der Waals surface area contributed by atoms with Crippen molar-refractivity contribution in [2.75, 3.05) is 19.4 Å². The van der Waals surface area contributed by atoms with Crippen LogP contribution in [-0.2, 0) is 4.79 Å². The molecule has 0 aromatic heterocycles. The Morgan fingerprint density at radius 1 is 1.75 bits per heavy atom. The Balaban J connectivity index is 3.68. The molecule has 0 aromatic carbocycles. The Kier molecular flexibility index (Phi) is 6.14. The quantitative estimate of drug-likeness (QED) is 0.513. The number of aliphatic hydroxyl groups is 1. The number of primary amides is 1. The second kappa shape index (κ2) is 6.28. The van der Waals surface area contributed by atoms with Crippen molar-refractivity contribution in [3.63, 3.8) is 0 Å². The Morgan fingerprint density at radius 2 is 2.33 bits per heavy atom.